The largest absolute Gasteiger partial charge is 0.495 e. The van der Waals surface area contributed by atoms with Gasteiger partial charge in [0.2, 0.25) is 0 Å². The lowest BCUT2D eigenvalue weighted by Gasteiger charge is -2.18. The highest BCUT2D eigenvalue weighted by Gasteiger charge is 2.13. The van der Waals surface area contributed by atoms with Crippen LogP contribution in [0.15, 0.2) is 16.6 Å². The van der Waals surface area contributed by atoms with E-state index in [4.69, 9.17) is 4.74 Å². The first-order valence-corrected chi connectivity index (χ1v) is 7.22. The summed E-state index contributed by atoms with van der Waals surface area (Å²) in [5.74, 6) is 0.645. The molecule has 0 fully saturated rings. The number of nitrogens with one attached hydrogen (secondary N) is 2. The molecular weight excluding hydrogens is 308 g/mol. The number of methoxy groups -OCH3 is 1. The van der Waals surface area contributed by atoms with Crippen molar-refractivity contribution in [2.24, 2.45) is 0 Å². The van der Waals surface area contributed by atoms with Crippen molar-refractivity contribution >= 4 is 27.6 Å². The zero-order valence-electron chi connectivity index (χ0n) is 11.8. The van der Waals surface area contributed by atoms with Gasteiger partial charge in [0, 0.05) is 10.5 Å². The number of benzene rings is 1. The van der Waals surface area contributed by atoms with Crippen molar-refractivity contribution in [3.63, 3.8) is 0 Å². The second-order valence-corrected chi connectivity index (χ2v) is 5.33. The lowest BCUT2D eigenvalue weighted by molar-refractivity contribution is 0.247. The van der Waals surface area contributed by atoms with Gasteiger partial charge in [0.1, 0.15) is 5.75 Å². The molecule has 0 bridgehead atoms. The van der Waals surface area contributed by atoms with E-state index in [1.165, 1.54) is 0 Å². The molecule has 0 aromatic heterocycles. The molecule has 0 unspecified atom stereocenters. The van der Waals surface area contributed by atoms with Gasteiger partial charge in [0.15, 0.2) is 0 Å². The molecule has 106 valence electrons. The third-order valence-electron chi connectivity index (χ3n) is 3.04. The summed E-state index contributed by atoms with van der Waals surface area (Å²) in [6.07, 6.45) is 1.83. The van der Waals surface area contributed by atoms with Crippen LogP contribution in [-0.2, 0) is 0 Å². The van der Waals surface area contributed by atoms with E-state index in [1.54, 1.807) is 7.11 Å². The molecule has 0 aliphatic heterocycles. The molecule has 0 spiro atoms. The van der Waals surface area contributed by atoms with Crippen LogP contribution in [0.2, 0.25) is 0 Å². The van der Waals surface area contributed by atoms with Crippen LogP contribution in [0.25, 0.3) is 0 Å². The Morgan fingerprint density at radius 3 is 2.53 bits per heavy atom. The Hall–Kier alpha value is -1.23. The zero-order chi connectivity index (χ0) is 14.4. The Kier molecular flexibility index (Phi) is 6.15. The van der Waals surface area contributed by atoms with Gasteiger partial charge in [-0.25, -0.2) is 4.79 Å². The SMILES string of the molecule is CCC(CC)NC(=O)Nc1c(C)cc(Br)cc1OC. The molecule has 19 heavy (non-hydrogen) atoms. The van der Waals surface area contributed by atoms with Crippen molar-refractivity contribution < 1.29 is 9.53 Å². The average Bonchev–Trinajstić information content (AvgIpc) is 2.38. The van der Waals surface area contributed by atoms with E-state index in [0.29, 0.717) is 11.4 Å². The third kappa shape index (κ3) is 4.42. The molecule has 0 aliphatic carbocycles. The van der Waals surface area contributed by atoms with Gasteiger partial charge in [-0.2, -0.15) is 0 Å². The van der Waals surface area contributed by atoms with Crippen LogP contribution in [0, 0.1) is 6.92 Å². The molecule has 2 N–H and O–H groups in total. The van der Waals surface area contributed by atoms with Crippen LogP contribution in [0.4, 0.5) is 10.5 Å². The number of ether oxygens (including phenoxy) is 1. The van der Waals surface area contributed by atoms with E-state index in [9.17, 15) is 4.79 Å². The van der Waals surface area contributed by atoms with Crippen molar-refractivity contribution in [3.05, 3.63) is 22.2 Å². The van der Waals surface area contributed by atoms with E-state index in [-0.39, 0.29) is 12.1 Å². The molecule has 5 heteroatoms. The van der Waals surface area contributed by atoms with E-state index < -0.39 is 0 Å². The topological polar surface area (TPSA) is 50.4 Å². The predicted molar refractivity (Wildman–Crippen MR) is 82.0 cm³/mol. The molecule has 1 aromatic carbocycles. The Morgan fingerprint density at radius 1 is 1.37 bits per heavy atom. The fourth-order valence-electron chi connectivity index (χ4n) is 1.86. The van der Waals surface area contributed by atoms with Crippen LogP contribution in [-0.4, -0.2) is 19.2 Å². The Bertz CT molecular complexity index is 445. The molecule has 0 saturated carbocycles. The van der Waals surface area contributed by atoms with Crippen molar-refractivity contribution in [3.8, 4) is 5.75 Å². The van der Waals surface area contributed by atoms with Gasteiger partial charge < -0.3 is 15.4 Å². The minimum atomic E-state index is -0.197. The average molecular weight is 329 g/mol. The van der Waals surface area contributed by atoms with Gasteiger partial charge >= 0.3 is 6.03 Å². The van der Waals surface area contributed by atoms with Gasteiger partial charge in [-0.15, -0.1) is 0 Å². The lowest BCUT2D eigenvalue weighted by Crippen LogP contribution is -2.37. The number of urea groups is 1. The Morgan fingerprint density at radius 2 is 2.00 bits per heavy atom. The fourth-order valence-corrected chi connectivity index (χ4v) is 2.41. The summed E-state index contributed by atoms with van der Waals surface area (Å²) < 4.78 is 6.22. The van der Waals surface area contributed by atoms with Gasteiger partial charge in [0.25, 0.3) is 0 Å². The standard InChI is InChI=1S/C14H21BrN2O2/c1-5-11(6-2)16-14(18)17-13-9(3)7-10(15)8-12(13)19-4/h7-8,11H,5-6H2,1-4H3,(H2,16,17,18). The maximum atomic E-state index is 12.0. The highest BCUT2D eigenvalue weighted by Crippen LogP contribution is 2.31. The van der Waals surface area contributed by atoms with Gasteiger partial charge in [0.05, 0.1) is 12.8 Å². The van der Waals surface area contributed by atoms with Crippen molar-refractivity contribution in [1.82, 2.24) is 5.32 Å². The van der Waals surface area contributed by atoms with Gasteiger partial charge in [-0.3, -0.25) is 0 Å². The van der Waals surface area contributed by atoms with E-state index >= 15 is 0 Å². The van der Waals surface area contributed by atoms with E-state index in [2.05, 4.69) is 40.4 Å². The Labute approximate surface area is 123 Å². The van der Waals surface area contributed by atoms with Gasteiger partial charge in [-0.1, -0.05) is 29.8 Å². The normalized spacial score (nSPS) is 10.4. The molecule has 1 aromatic rings. The van der Waals surface area contributed by atoms with E-state index in [1.807, 2.05) is 19.1 Å². The highest BCUT2D eigenvalue weighted by atomic mass is 79.9. The first-order chi connectivity index (χ1) is 9.01. The van der Waals surface area contributed by atoms with E-state index in [0.717, 1.165) is 22.9 Å². The summed E-state index contributed by atoms with van der Waals surface area (Å²) in [6, 6.07) is 3.77. The van der Waals surface area contributed by atoms with Crippen LogP contribution in [0.3, 0.4) is 0 Å². The van der Waals surface area contributed by atoms with Crippen molar-refractivity contribution in [2.45, 2.75) is 39.7 Å². The quantitative estimate of drug-likeness (QED) is 0.855. The maximum absolute atomic E-state index is 12.0. The molecule has 1 rings (SSSR count). The lowest BCUT2D eigenvalue weighted by atomic mass is 10.1. The summed E-state index contributed by atoms with van der Waals surface area (Å²) in [4.78, 5) is 12.0. The number of rotatable bonds is 5. The molecule has 0 heterocycles. The van der Waals surface area contributed by atoms with Crippen LogP contribution < -0.4 is 15.4 Å². The second kappa shape index (κ2) is 7.38. The van der Waals surface area contributed by atoms with Crippen molar-refractivity contribution in [1.29, 1.82) is 0 Å². The Balaban J connectivity index is 2.84. The number of aryl methyl sites for hydroxylation is 1. The molecule has 4 nitrogen and oxygen atoms in total. The molecule has 0 saturated heterocycles. The smallest absolute Gasteiger partial charge is 0.319 e. The van der Waals surface area contributed by atoms with Crippen LogP contribution >= 0.6 is 15.9 Å². The second-order valence-electron chi connectivity index (χ2n) is 4.41. The number of hydrogen-bond acceptors (Lipinski definition) is 2. The maximum Gasteiger partial charge on any atom is 0.319 e. The molecule has 2 amide bonds. The number of hydrogen-bond donors (Lipinski definition) is 2. The molecule has 0 radical (unpaired) electrons. The minimum Gasteiger partial charge on any atom is -0.495 e. The number of anilines is 1. The zero-order valence-corrected chi connectivity index (χ0v) is 13.4. The highest BCUT2D eigenvalue weighted by molar-refractivity contribution is 9.10. The summed E-state index contributed by atoms with van der Waals surface area (Å²) in [7, 11) is 1.59. The first-order valence-electron chi connectivity index (χ1n) is 6.43. The summed E-state index contributed by atoms with van der Waals surface area (Å²) in [5.41, 5.74) is 1.65. The summed E-state index contributed by atoms with van der Waals surface area (Å²) in [6.45, 7) is 6.04. The fraction of sp³-hybridized carbons (Fsp3) is 0.500. The molecule has 0 aliphatic rings. The first kappa shape index (κ1) is 15.8. The number of halogens is 1. The predicted octanol–water partition coefficient (Wildman–Crippen LogP) is 4.08. The minimum absolute atomic E-state index is 0.196. The summed E-state index contributed by atoms with van der Waals surface area (Å²) in [5, 5.41) is 5.80. The number of carbonyl (C=O) groups is 1. The van der Waals surface area contributed by atoms with Crippen molar-refractivity contribution in [2.75, 3.05) is 12.4 Å². The van der Waals surface area contributed by atoms with Crippen LogP contribution in [0.1, 0.15) is 32.3 Å². The van der Waals surface area contributed by atoms with Gasteiger partial charge in [-0.05, 0) is 37.5 Å². The number of amides is 2. The summed E-state index contributed by atoms with van der Waals surface area (Å²) >= 11 is 3.41. The third-order valence-corrected chi connectivity index (χ3v) is 3.50. The monoisotopic (exact) mass is 328 g/mol. The number of carbonyl (C=O) groups excluding carboxylic acids is 1. The molecular formula is C14H21BrN2O2. The molecule has 0 atom stereocenters. The van der Waals surface area contributed by atoms with Crippen LogP contribution in [0.5, 0.6) is 5.75 Å².